The van der Waals surface area contributed by atoms with Gasteiger partial charge in [-0.25, -0.2) is 0 Å². The van der Waals surface area contributed by atoms with Crippen molar-refractivity contribution in [1.82, 2.24) is 10.2 Å². The highest BCUT2D eigenvalue weighted by Gasteiger charge is 2.31. The highest BCUT2D eigenvalue weighted by molar-refractivity contribution is 6.30. The number of hydrogen-bond donors (Lipinski definition) is 1. The molecular weight excluding hydrogens is 336 g/mol. The second-order valence-corrected chi connectivity index (χ2v) is 6.06. The Labute approximate surface area is 140 Å². The standard InChI is InChI=1S/C15H20ClF3N2.ClH/c1-20-9-11-2-4-21(5-3-11)10-12-6-13(15(17,18)19)8-14(16)7-12;/h6-8,11,20H,2-5,9-10H2,1H3;1H. The van der Waals surface area contributed by atoms with E-state index in [1.54, 1.807) is 6.07 Å². The van der Waals surface area contributed by atoms with Crippen LogP contribution in [0.15, 0.2) is 18.2 Å². The fourth-order valence-corrected chi connectivity index (χ4v) is 3.06. The van der Waals surface area contributed by atoms with Gasteiger partial charge >= 0.3 is 6.18 Å². The molecular formula is C15H21Cl2F3N2. The molecule has 126 valence electrons. The van der Waals surface area contributed by atoms with Crippen molar-refractivity contribution in [1.29, 1.82) is 0 Å². The number of alkyl halides is 3. The van der Waals surface area contributed by atoms with Crippen LogP contribution in [-0.2, 0) is 12.7 Å². The SMILES string of the molecule is CNCC1CCN(Cc2cc(Cl)cc(C(F)(F)F)c2)CC1.Cl. The molecule has 0 unspecified atom stereocenters. The first kappa shape index (κ1) is 19.6. The summed E-state index contributed by atoms with van der Waals surface area (Å²) in [4.78, 5) is 2.19. The van der Waals surface area contributed by atoms with Gasteiger partial charge in [0.1, 0.15) is 0 Å². The highest BCUT2D eigenvalue weighted by Crippen LogP contribution is 2.32. The molecule has 22 heavy (non-hydrogen) atoms. The zero-order chi connectivity index (χ0) is 15.5. The number of piperidine rings is 1. The summed E-state index contributed by atoms with van der Waals surface area (Å²) in [7, 11) is 1.94. The van der Waals surface area contributed by atoms with Crippen molar-refractivity contribution in [2.75, 3.05) is 26.7 Å². The van der Waals surface area contributed by atoms with Crippen LogP contribution in [0.4, 0.5) is 13.2 Å². The van der Waals surface area contributed by atoms with Gasteiger partial charge < -0.3 is 5.32 Å². The van der Waals surface area contributed by atoms with Gasteiger partial charge in [0.2, 0.25) is 0 Å². The average molecular weight is 357 g/mol. The summed E-state index contributed by atoms with van der Waals surface area (Å²) in [5, 5.41) is 3.32. The molecule has 0 bridgehead atoms. The van der Waals surface area contributed by atoms with Gasteiger partial charge in [0.05, 0.1) is 5.56 Å². The lowest BCUT2D eigenvalue weighted by atomic mass is 9.96. The molecule has 1 fully saturated rings. The summed E-state index contributed by atoms with van der Waals surface area (Å²) in [6.07, 6.45) is -2.19. The number of halogens is 5. The van der Waals surface area contributed by atoms with Gasteiger partial charge in [-0.3, -0.25) is 4.90 Å². The molecule has 2 rings (SSSR count). The normalized spacial score (nSPS) is 17.3. The van der Waals surface area contributed by atoms with E-state index in [2.05, 4.69) is 10.2 Å². The van der Waals surface area contributed by atoms with Crippen molar-refractivity contribution in [3.63, 3.8) is 0 Å². The van der Waals surface area contributed by atoms with Crippen LogP contribution in [0.1, 0.15) is 24.0 Å². The molecule has 0 saturated carbocycles. The first-order valence-electron chi connectivity index (χ1n) is 7.12. The Hall–Kier alpha value is -0.490. The van der Waals surface area contributed by atoms with Crippen LogP contribution in [-0.4, -0.2) is 31.6 Å². The third kappa shape index (κ3) is 5.61. The van der Waals surface area contributed by atoms with Gasteiger partial charge in [-0.05, 0) is 69.2 Å². The largest absolute Gasteiger partial charge is 0.416 e. The van der Waals surface area contributed by atoms with Gasteiger partial charge in [0.25, 0.3) is 0 Å². The number of benzene rings is 1. The zero-order valence-corrected chi connectivity index (χ0v) is 14.0. The molecule has 1 saturated heterocycles. The molecule has 1 aromatic rings. The van der Waals surface area contributed by atoms with Crippen LogP contribution in [0.25, 0.3) is 0 Å². The van der Waals surface area contributed by atoms with Crippen molar-refractivity contribution in [2.24, 2.45) is 5.92 Å². The quantitative estimate of drug-likeness (QED) is 0.868. The van der Waals surface area contributed by atoms with E-state index in [9.17, 15) is 13.2 Å². The monoisotopic (exact) mass is 356 g/mol. The average Bonchev–Trinajstić information content (AvgIpc) is 2.40. The summed E-state index contributed by atoms with van der Waals surface area (Å²) in [6.45, 7) is 3.36. The Bertz CT molecular complexity index is 472. The minimum absolute atomic E-state index is 0. The van der Waals surface area contributed by atoms with Crippen LogP contribution >= 0.6 is 24.0 Å². The Morgan fingerprint density at radius 1 is 1.23 bits per heavy atom. The summed E-state index contributed by atoms with van der Waals surface area (Å²) >= 11 is 5.81. The second-order valence-electron chi connectivity index (χ2n) is 5.62. The number of nitrogens with one attached hydrogen (secondary N) is 1. The molecule has 1 aliphatic rings. The van der Waals surface area contributed by atoms with E-state index in [0.29, 0.717) is 18.0 Å². The molecule has 0 amide bonds. The van der Waals surface area contributed by atoms with Crippen LogP contribution in [0.2, 0.25) is 5.02 Å². The molecule has 1 aromatic carbocycles. The van der Waals surface area contributed by atoms with Crippen LogP contribution in [0.5, 0.6) is 0 Å². The number of likely N-dealkylation sites (tertiary alicyclic amines) is 1. The molecule has 1 aliphatic heterocycles. The van der Waals surface area contributed by atoms with Crippen molar-refractivity contribution >= 4 is 24.0 Å². The minimum atomic E-state index is -4.35. The highest BCUT2D eigenvalue weighted by atomic mass is 35.5. The molecule has 1 heterocycles. The Morgan fingerprint density at radius 3 is 2.41 bits per heavy atom. The maximum absolute atomic E-state index is 12.8. The summed E-state index contributed by atoms with van der Waals surface area (Å²) in [6, 6.07) is 3.80. The lowest BCUT2D eigenvalue weighted by molar-refractivity contribution is -0.137. The van der Waals surface area contributed by atoms with Gasteiger partial charge in [-0.2, -0.15) is 13.2 Å². The van der Waals surface area contributed by atoms with Gasteiger partial charge in [-0.1, -0.05) is 11.6 Å². The van der Waals surface area contributed by atoms with Crippen molar-refractivity contribution in [3.8, 4) is 0 Å². The van der Waals surface area contributed by atoms with Crippen molar-refractivity contribution < 1.29 is 13.2 Å². The summed E-state index contributed by atoms with van der Waals surface area (Å²) < 4.78 is 38.3. The van der Waals surface area contributed by atoms with E-state index in [-0.39, 0.29) is 17.4 Å². The molecule has 2 nitrogen and oxygen atoms in total. The fourth-order valence-electron chi connectivity index (χ4n) is 2.80. The van der Waals surface area contributed by atoms with Gasteiger partial charge in [-0.15, -0.1) is 12.4 Å². The van der Waals surface area contributed by atoms with Crippen LogP contribution < -0.4 is 5.32 Å². The van der Waals surface area contributed by atoms with E-state index in [1.807, 2.05) is 7.05 Å². The summed E-state index contributed by atoms with van der Waals surface area (Å²) in [5.74, 6) is 0.663. The van der Waals surface area contributed by atoms with E-state index < -0.39 is 11.7 Å². The van der Waals surface area contributed by atoms with E-state index in [1.165, 1.54) is 6.07 Å². The van der Waals surface area contributed by atoms with Crippen LogP contribution in [0, 0.1) is 5.92 Å². The number of hydrogen-bond acceptors (Lipinski definition) is 2. The molecule has 1 N–H and O–H groups in total. The minimum Gasteiger partial charge on any atom is -0.319 e. The third-order valence-electron chi connectivity index (χ3n) is 3.89. The molecule has 0 spiro atoms. The third-order valence-corrected chi connectivity index (χ3v) is 4.11. The molecule has 7 heteroatoms. The van der Waals surface area contributed by atoms with Crippen molar-refractivity contribution in [2.45, 2.75) is 25.6 Å². The molecule has 0 radical (unpaired) electrons. The zero-order valence-electron chi connectivity index (χ0n) is 12.4. The Morgan fingerprint density at radius 2 is 1.86 bits per heavy atom. The van der Waals surface area contributed by atoms with Crippen LogP contribution in [0.3, 0.4) is 0 Å². The lowest BCUT2D eigenvalue weighted by Gasteiger charge is -2.32. The van der Waals surface area contributed by atoms with E-state index in [0.717, 1.165) is 38.5 Å². The molecule has 0 atom stereocenters. The van der Waals surface area contributed by atoms with Gasteiger partial charge in [0.15, 0.2) is 0 Å². The maximum atomic E-state index is 12.8. The summed E-state index contributed by atoms with van der Waals surface area (Å²) in [5.41, 5.74) is -0.0445. The number of nitrogens with zero attached hydrogens (tertiary/aromatic N) is 1. The predicted molar refractivity (Wildman–Crippen MR) is 85.6 cm³/mol. The Kier molecular flexibility index (Phi) is 7.46. The van der Waals surface area contributed by atoms with Crippen molar-refractivity contribution in [3.05, 3.63) is 34.3 Å². The maximum Gasteiger partial charge on any atom is 0.416 e. The topological polar surface area (TPSA) is 15.3 Å². The first-order chi connectivity index (χ1) is 9.88. The fraction of sp³-hybridized carbons (Fsp3) is 0.600. The Balaban J connectivity index is 0.00000242. The van der Waals surface area contributed by atoms with Gasteiger partial charge in [0, 0.05) is 11.6 Å². The van der Waals surface area contributed by atoms with E-state index in [4.69, 9.17) is 11.6 Å². The molecule has 0 aliphatic carbocycles. The smallest absolute Gasteiger partial charge is 0.319 e. The first-order valence-corrected chi connectivity index (χ1v) is 7.50. The van der Waals surface area contributed by atoms with E-state index >= 15 is 0 Å². The molecule has 0 aromatic heterocycles. The predicted octanol–water partition coefficient (Wildman–Crippen LogP) is 4.21. The second kappa shape index (κ2) is 8.39. The lowest BCUT2D eigenvalue weighted by Crippen LogP contribution is -2.36. The number of rotatable bonds is 4.